The van der Waals surface area contributed by atoms with Gasteiger partial charge >= 0.3 is 0 Å². The number of hydrogen-bond acceptors (Lipinski definition) is 4. The van der Waals surface area contributed by atoms with E-state index in [0.29, 0.717) is 21.4 Å². The van der Waals surface area contributed by atoms with E-state index in [1.54, 1.807) is 24.4 Å². The molecule has 1 aromatic carbocycles. The van der Waals surface area contributed by atoms with Gasteiger partial charge in [-0.15, -0.1) is 0 Å². The highest BCUT2D eigenvalue weighted by Crippen LogP contribution is 2.29. The molecule has 0 unspecified atom stereocenters. The molecule has 0 aliphatic carbocycles. The zero-order chi connectivity index (χ0) is 17.8. The van der Waals surface area contributed by atoms with E-state index in [4.69, 9.17) is 23.2 Å². The van der Waals surface area contributed by atoms with Gasteiger partial charge in [0.2, 0.25) is 0 Å². The molecule has 0 bridgehead atoms. The number of hydrogen-bond donors (Lipinski definition) is 1. The lowest BCUT2D eigenvalue weighted by molar-refractivity contribution is 0.102. The molecule has 0 radical (unpaired) electrons. The molecule has 0 spiro atoms. The van der Waals surface area contributed by atoms with Crippen molar-refractivity contribution >= 4 is 40.5 Å². The van der Waals surface area contributed by atoms with Crippen LogP contribution < -0.4 is 10.2 Å². The summed E-state index contributed by atoms with van der Waals surface area (Å²) < 4.78 is 0. The summed E-state index contributed by atoms with van der Waals surface area (Å²) in [6, 6.07) is 8.87. The summed E-state index contributed by atoms with van der Waals surface area (Å²) in [5.41, 5.74) is 1.84. The highest BCUT2D eigenvalue weighted by atomic mass is 35.5. The molecular formula is C18H20Cl2N4O. The van der Waals surface area contributed by atoms with E-state index in [9.17, 15) is 4.79 Å². The average Bonchev–Trinajstić information content (AvgIpc) is 2.65. The molecule has 2 heterocycles. The molecule has 1 aromatic heterocycles. The second-order valence-electron chi connectivity index (χ2n) is 5.88. The summed E-state index contributed by atoms with van der Waals surface area (Å²) >= 11 is 12.1. The van der Waals surface area contributed by atoms with Crippen LogP contribution in [0, 0.1) is 0 Å². The van der Waals surface area contributed by atoms with Gasteiger partial charge in [-0.05, 0) is 30.8 Å². The third kappa shape index (κ3) is 4.24. The van der Waals surface area contributed by atoms with Crippen molar-refractivity contribution < 1.29 is 4.79 Å². The lowest BCUT2D eigenvalue weighted by atomic mass is 10.2. The molecule has 0 atom stereocenters. The predicted molar refractivity (Wildman–Crippen MR) is 103 cm³/mol. The smallest absolute Gasteiger partial charge is 0.274 e. The molecule has 1 N–H and O–H groups in total. The fourth-order valence-corrected chi connectivity index (χ4v) is 3.20. The van der Waals surface area contributed by atoms with Gasteiger partial charge in [0.1, 0.15) is 5.69 Å². The summed E-state index contributed by atoms with van der Waals surface area (Å²) in [5, 5.41) is 3.49. The number of likely N-dealkylation sites (N-methyl/N-ethyl adjacent to an activating group) is 1. The zero-order valence-electron chi connectivity index (χ0n) is 14.0. The number of nitrogens with zero attached hydrogens (tertiary/aromatic N) is 3. The summed E-state index contributed by atoms with van der Waals surface area (Å²) in [6.45, 7) is 7.18. The van der Waals surface area contributed by atoms with Crippen LogP contribution in [0.25, 0.3) is 0 Å². The van der Waals surface area contributed by atoms with Gasteiger partial charge in [-0.2, -0.15) is 0 Å². The molecular weight excluding hydrogens is 359 g/mol. The van der Waals surface area contributed by atoms with Crippen molar-refractivity contribution in [2.75, 3.05) is 42.9 Å². The SMILES string of the molecule is CCN1CCN(c2ccnc(C(=O)Nc3cccc(Cl)c3Cl)c2)CC1. The Balaban J connectivity index is 1.73. The minimum absolute atomic E-state index is 0.307. The van der Waals surface area contributed by atoms with Gasteiger partial charge in [0.05, 0.1) is 15.7 Å². The summed E-state index contributed by atoms with van der Waals surface area (Å²) in [7, 11) is 0. The molecule has 25 heavy (non-hydrogen) atoms. The standard InChI is InChI=1S/C18H20Cl2N4O/c1-2-23-8-10-24(11-9-23)13-6-7-21-16(12-13)18(25)22-15-5-3-4-14(19)17(15)20/h3-7,12H,2,8-11H2,1H3,(H,22,25). The van der Waals surface area contributed by atoms with Crippen LogP contribution in [0.1, 0.15) is 17.4 Å². The lowest BCUT2D eigenvalue weighted by Crippen LogP contribution is -2.46. The summed E-state index contributed by atoms with van der Waals surface area (Å²) in [6.07, 6.45) is 1.66. The Labute approximate surface area is 157 Å². The molecule has 1 amide bonds. The first-order chi connectivity index (χ1) is 12.1. The number of halogens is 2. The van der Waals surface area contributed by atoms with Crippen LogP contribution in [0.5, 0.6) is 0 Å². The van der Waals surface area contributed by atoms with Gasteiger partial charge in [-0.25, -0.2) is 0 Å². The molecule has 132 valence electrons. The molecule has 2 aromatic rings. The number of aromatic nitrogens is 1. The Morgan fingerprint density at radius 3 is 2.68 bits per heavy atom. The first kappa shape index (κ1) is 18.0. The maximum absolute atomic E-state index is 12.5. The monoisotopic (exact) mass is 378 g/mol. The third-order valence-electron chi connectivity index (χ3n) is 4.36. The third-order valence-corrected chi connectivity index (χ3v) is 5.18. The molecule has 3 rings (SSSR count). The van der Waals surface area contributed by atoms with Crippen molar-refractivity contribution in [2.24, 2.45) is 0 Å². The molecule has 1 aliphatic rings. The largest absolute Gasteiger partial charge is 0.369 e. The maximum atomic E-state index is 12.5. The van der Waals surface area contributed by atoms with E-state index in [1.807, 2.05) is 12.1 Å². The number of anilines is 2. The summed E-state index contributed by atoms with van der Waals surface area (Å²) in [5.74, 6) is -0.307. The predicted octanol–water partition coefficient (Wildman–Crippen LogP) is 3.78. The highest BCUT2D eigenvalue weighted by Gasteiger charge is 2.18. The lowest BCUT2D eigenvalue weighted by Gasteiger charge is -2.35. The van der Waals surface area contributed by atoms with Crippen LogP contribution in [-0.2, 0) is 0 Å². The van der Waals surface area contributed by atoms with Gasteiger partial charge in [0.25, 0.3) is 5.91 Å². The zero-order valence-corrected chi connectivity index (χ0v) is 15.5. The van der Waals surface area contributed by atoms with E-state index in [-0.39, 0.29) is 5.91 Å². The number of piperazine rings is 1. The normalized spacial score (nSPS) is 15.2. The van der Waals surface area contributed by atoms with Crippen LogP contribution in [0.3, 0.4) is 0 Å². The second kappa shape index (κ2) is 8.04. The number of pyridine rings is 1. The van der Waals surface area contributed by atoms with Crippen LogP contribution >= 0.6 is 23.2 Å². The maximum Gasteiger partial charge on any atom is 0.274 e. The first-order valence-electron chi connectivity index (χ1n) is 8.27. The Morgan fingerprint density at radius 1 is 1.20 bits per heavy atom. The Bertz CT molecular complexity index is 760. The van der Waals surface area contributed by atoms with Crippen molar-refractivity contribution in [2.45, 2.75) is 6.92 Å². The highest BCUT2D eigenvalue weighted by molar-refractivity contribution is 6.44. The molecule has 1 aliphatic heterocycles. The van der Waals surface area contributed by atoms with Gasteiger partial charge in [0.15, 0.2) is 0 Å². The van der Waals surface area contributed by atoms with Crippen molar-refractivity contribution in [3.05, 3.63) is 52.3 Å². The Kier molecular flexibility index (Phi) is 5.78. The minimum atomic E-state index is -0.307. The number of amides is 1. The number of carbonyl (C=O) groups excluding carboxylic acids is 1. The van der Waals surface area contributed by atoms with E-state index in [2.05, 4.69) is 27.0 Å². The van der Waals surface area contributed by atoms with E-state index >= 15 is 0 Å². The number of carbonyl (C=O) groups is 1. The van der Waals surface area contributed by atoms with Crippen LogP contribution in [0.15, 0.2) is 36.5 Å². The van der Waals surface area contributed by atoms with Gasteiger partial charge in [-0.3, -0.25) is 9.78 Å². The van der Waals surface area contributed by atoms with Crippen LogP contribution in [0.2, 0.25) is 10.0 Å². The van der Waals surface area contributed by atoms with Gasteiger partial charge in [0, 0.05) is 38.1 Å². The van der Waals surface area contributed by atoms with E-state index < -0.39 is 0 Å². The fraction of sp³-hybridized carbons (Fsp3) is 0.333. The number of benzene rings is 1. The van der Waals surface area contributed by atoms with Crippen LogP contribution in [-0.4, -0.2) is 48.5 Å². The molecule has 5 nitrogen and oxygen atoms in total. The Hall–Kier alpha value is -1.82. The average molecular weight is 379 g/mol. The number of rotatable bonds is 4. The molecule has 1 saturated heterocycles. The van der Waals surface area contributed by atoms with Crippen LogP contribution in [0.4, 0.5) is 11.4 Å². The molecule has 7 heteroatoms. The summed E-state index contributed by atoms with van der Waals surface area (Å²) in [4.78, 5) is 21.4. The Morgan fingerprint density at radius 2 is 1.96 bits per heavy atom. The quantitative estimate of drug-likeness (QED) is 0.879. The topological polar surface area (TPSA) is 48.5 Å². The molecule has 1 fully saturated rings. The van der Waals surface area contributed by atoms with E-state index in [1.165, 1.54) is 0 Å². The van der Waals surface area contributed by atoms with Gasteiger partial charge < -0.3 is 15.1 Å². The first-order valence-corrected chi connectivity index (χ1v) is 9.03. The van der Waals surface area contributed by atoms with E-state index in [0.717, 1.165) is 38.4 Å². The van der Waals surface area contributed by atoms with Crippen molar-refractivity contribution in [1.29, 1.82) is 0 Å². The van der Waals surface area contributed by atoms with Crippen molar-refractivity contribution in [3.63, 3.8) is 0 Å². The van der Waals surface area contributed by atoms with Crippen molar-refractivity contribution in [1.82, 2.24) is 9.88 Å². The number of nitrogens with one attached hydrogen (secondary N) is 1. The second-order valence-corrected chi connectivity index (χ2v) is 6.66. The molecule has 0 saturated carbocycles. The fourth-order valence-electron chi connectivity index (χ4n) is 2.85. The minimum Gasteiger partial charge on any atom is -0.369 e. The van der Waals surface area contributed by atoms with Gasteiger partial charge in [-0.1, -0.05) is 36.2 Å². The van der Waals surface area contributed by atoms with Crippen molar-refractivity contribution in [3.8, 4) is 0 Å².